The zero-order valence-corrected chi connectivity index (χ0v) is 23.2. The molecule has 42 heavy (non-hydrogen) atoms. The predicted octanol–water partition coefficient (Wildman–Crippen LogP) is 4.97. The molecule has 1 saturated heterocycles. The Labute approximate surface area is 239 Å². The van der Waals surface area contributed by atoms with Gasteiger partial charge in [0.25, 0.3) is 0 Å². The van der Waals surface area contributed by atoms with E-state index in [1.165, 1.54) is 26.7 Å². The number of rotatable bonds is 9. The van der Waals surface area contributed by atoms with E-state index < -0.39 is 18.0 Å². The number of alkyl halides is 3. The second-order valence-corrected chi connectivity index (χ2v) is 9.65. The lowest BCUT2D eigenvalue weighted by Crippen LogP contribution is -2.33. The number of aryl methyl sites for hydroxylation is 1. The molecular weight excluding hydrogens is 557 g/mol. The van der Waals surface area contributed by atoms with Crippen LogP contribution in [0.15, 0.2) is 30.3 Å². The molecule has 0 aliphatic carbocycles. The molecule has 0 saturated carbocycles. The number of nitrogens with zero attached hydrogens (tertiary/aromatic N) is 5. The Hall–Kier alpha value is -4.46. The molecule has 1 N–H and O–H groups in total. The standard InChI is InChI=1S/C28H29F3N6O5/c1-16-18-14-22(39-2)23(40-3)15-21(18)34-26(32-16)36-27-33-20-8-7-17(41-12-11-37-9-5-4-6-10-37)13-19(20)24(35-27)42-25(38)28(29,30)31/h7-8,13-15H,4-6,9-12H2,1-3H3,(H,32,33,34,35,36). The van der Waals surface area contributed by atoms with Crippen LogP contribution in [0.2, 0.25) is 0 Å². The summed E-state index contributed by atoms with van der Waals surface area (Å²) in [4.78, 5) is 31.4. The molecule has 0 bridgehead atoms. The van der Waals surface area contributed by atoms with Crippen LogP contribution in [0.1, 0.15) is 25.0 Å². The molecule has 5 rings (SSSR count). The van der Waals surface area contributed by atoms with Gasteiger partial charge in [0.05, 0.1) is 36.3 Å². The zero-order valence-electron chi connectivity index (χ0n) is 23.2. The van der Waals surface area contributed by atoms with E-state index in [0.717, 1.165) is 32.5 Å². The van der Waals surface area contributed by atoms with E-state index in [9.17, 15) is 18.0 Å². The van der Waals surface area contributed by atoms with Crippen LogP contribution in [-0.2, 0) is 4.79 Å². The normalized spacial score (nSPS) is 14.1. The van der Waals surface area contributed by atoms with Crippen LogP contribution in [0, 0.1) is 6.92 Å². The van der Waals surface area contributed by atoms with Crippen LogP contribution >= 0.6 is 0 Å². The van der Waals surface area contributed by atoms with Gasteiger partial charge in [-0.25, -0.2) is 19.7 Å². The zero-order chi connectivity index (χ0) is 29.9. The number of benzene rings is 2. The second kappa shape index (κ2) is 12.2. The molecule has 1 aliphatic heterocycles. The number of esters is 1. The van der Waals surface area contributed by atoms with Crippen LogP contribution in [0.3, 0.4) is 0 Å². The first-order valence-electron chi connectivity index (χ1n) is 13.3. The lowest BCUT2D eigenvalue weighted by atomic mass is 10.1. The fraction of sp³-hybridized carbons (Fsp3) is 0.393. The van der Waals surface area contributed by atoms with E-state index in [2.05, 4.69) is 34.9 Å². The SMILES string of the molecule is COc1cc2nc(Nc3nc(OC(=O)C(F)(F)F)c4cc(OCCN5CCCCC5)ccc4n3)nc(C)c2cc1OC. The van der Waals surface area contributed by atoms with Gasteiger partial charge in [-0.15, -0.1) is 0 Å². The molecule has 0 radical (unpaired) electrons. The number of hydrogen-bond donors (Lipinski definition) is 1. The van der Waals surface area contributed by atoms with Crippen molar-refractivity contribution in [3.63, 3.8) is 0 Å². The van der Waals surface area contributed by atoms with E-state index in [-0.39, 0.29) is 22.8 Å². The molecule has 222 valence electrons. The summed E-state index contributed by atoms with van der Waals surface area (Å²) in [6.45, 7) is 4.87. The number of halogens is 3. The molecular formula is C28H29F3N6O5. The highest BCUT2D eigenvalue weighted by Crippen LogP contribution is 2.34. The van der Waals surface area contributed by atoms with Crippen LogP contribution in [0.4, 0.5) is 25.1 Å². The first-order valence-corrected chi connectivity index (χ1v) is 13.3. The van der Waals surface area contributed by atoms with Gasteiger partial charge < -0.3 is 18.9 Å². The van der Waals surface area contributed by atoms with E-state index in [1.54, 1.807) is 31.2 Å². The van der Waals surface area contributed by atoms with Crippen molar-refractivity contribution in [1.82, 2.24) is 24.8 Å². The summed E-state index contributed by atoms with van der Waals surface area (Å²) in [5, 5.41) is 3.58. The number of likely N-dealkylation sites (tertiary alicyclic amines) is 1. The number of carbonyl (C=O) groups excluding carboxylic acids is 1. The van der Waals surface area contributed by atoms with Gasteiger partial charge in [-0.05, 0) is 57.1 Å². The number of nitrogens with one attached hydrogen (secondary N) is 1. The Morgan fingerprint density at radius 2 is 1.60 bits per heavy atom. The third-order valence-corrected chi connectivity index (χ3v) is 6.79. The molecule has 0 atom stereocenters. The minimum absolute atomic E-state index is 0.0670. The Bertz CT molecular complexity index is 1610. The largest absolute Gasteiger partial charge is 0.493 e. The van der Waals surface area contributed by atoms with Crippen molar-refractivity contribution in [2.24, 2.45) is 0 Å². The fourth-order valence-corrected chi connectivity index (χ4v) is 4.69. The van der Waals surface area contributed by atoms with Crippen molar-refractivity contribution in [3.8, 4) is 23.1 Å². The molecule has 1 aliphatic rings. The molecule has 3 heterocycles. The van der Waals surface area contributed by atoms with E-state index in [0.29, 0.717) is 40.5 Å². The predicted molar refractivity (Wildman–Crippen MR) is 148 cm³/mol. The van der Waals surface area contributed by atoms with Crippen LogP contribution in [-0.4, -0.2) is 77.4 Å². The number of ether oxygens (including phenoxy) is 4. The third kappa shape index (κ3) is 6.54. The minimum Gasteiger partial charge on any atom is -0.493 e. The molecule has 0 spiro atoms. The lowest BCUT2D eigenvalue weighted by Gasteiger charge is -2.26. The number of fused-ring (bicyclic) bond motifs is 2. The maximum absolute atomic E-state index is 13.1. The Kier molecular flexibility index (Phi) is 8.43. The first kappa shape index (κ1) is 29.0. The number of piperidine rings is 1. The summed E-state index contributed by atoms with van der Waals surface area (Å²) in [5.41, 5.74) is 1.31. The molecule has 4 aromatic rings. The van der Waals surface area contributed by atoms with Crippen molar-refractivity contribution < 1.29 is 36.9 Å². The Balaban J connectivity index is 1.45. The van der Waals surface area contributed by atoms with E-state index >= 15 is 0 Å². The molecule has 14 heteroatoms. The van der Waals surface area contributed by atoms with Gasteiger partial charge in [0.2, 0.25) is 17.8 Å². The monoisotopic (exact) mass is 586 g/mol. The van der Waals surface area contributed by atoms with E-state index in [1.807, 2.05) is 0 Å². The van der Waals surface area contributed by atoms with Gasteiger partial charge in [-0.2, -0.15) is 18.2 Å². The fourth-order valence-electron chi connectivity index (χ4n) is 4.69. The molecule has 1 fully saturated rings. The summed E-state index contributed by atoms with van der Waals surface area (Å²) in [5.74, 6) is -1.78. The summed E-state index contributed by atoms with van der Waals surface area (Å²) in [6, 6.07) is 8.04. The first-order chi connectivity index (χ1) is 20.1. The highest BCUT2D eigenvalue weighted by atomic mass is 19.4. The van der Waals surface area contributed by atoms with Crippen molar-refractivity contribution in [1.29, 1.82) is 0 Å². The van der Waals surface area contributed by atoms with Crippen molar-refractivity contribution in [2.75, 3.05) is 45.8 Å². The number of hydrogen-bond acceptors (Lipinski definition) is 11. The van der Waals surface area contributed by atoms with Gasteiger partial charge >= 0.3 is 12.1 Å². The smallest absolute Gasteiger partial charge is 0.491 e. The summed E-state index contributed by atoms with van der Waals surface area (Å²) < 4.78 is 60.6. The topological polar surface area (TPSA) is 121 Å². The molecule has 11 nitrogen and oxygen atoms in total. The van der Waals surface area contributed by atoms with Gasteiger partial charge in [0, 0.05) is 18.0 Å². The summed E-state index contributed by atoms with van der Waals surface area (Å²) >= 11 is 0. The van der Waals surface area contributed by atoms with Gasteiger partial charge in [-0.1, -0.05) is 6.42 Å². The third-order valence-electron chi connectivity index (χ3n) is 6.79. The molecule has 2 aromatic carbocycles. The summed E-state index contributed by atoms with van der Waals surface area (Å²) in [7, 11) is 3.01. The molecule has 2 aromatic heterocycles. The van der Waals surface area contributed by atoms with Crippen LogP contribution < -0.4 is 24.3 Å². The van der Waals surface area contributed by atoms with Crippen molar-refractivity contribution in [3.05, 3.63) is 36.0 Å². The van der Waals surface area contributed by atoms with Gasteiger partial charge in [0.15, 0.2) is 11.5 Å². The highest BCUT2D eigenvalue weighted by Gasteiger charge is 2.42. The average molecular weight is 587 g/mol. The summed E-state index contributed by atoms with van der Waals surface area (Å²) in [6.07, 6.45) is -1.73. The van der Waals surface area contributed by atoms with Gasteiger partial charge in [0.1, 0.15) is 12.4 Å². The van der Waals surface area contributed by atoms with E-state index in [4.69, 9.17) is 14.2 Å². The Morgan fingerprint density at radius 1 is 0.905 bits per heavy atom. The number of carbonyl (C=O) groups is 1. The molecule has 0 amide bonds. The molecule has 0 unspecified atom stereocenters. The lowest BCUT2D eigenvalue weighted by molar-refractivity contribution is -0.189. The quantitative estimate of drug-likeness (QED) is 0.268. The second-order valence-electron chi connectivity index (χ2n) is 9.65. The highest BCUT2D eigenvalue weighted by molar-refractivity contribution is 5.90. The number of aromatic nitrogens is 4. The number of methoxy groups -OCH3 is 2. The van der Waals surface area contributed by atoms with Crippen LogP contribution in [0.5, 0.6) is 23.1 Å². The maximum Gasteiger partial charge on any atom is 0.491 e. The number of anilines is 2. The average Bonchev–Trinajstić information content (AvgIpc) is 2.96. The van der Waals surface area contributed by atoms with Crippen LogP contribution in [0.25, 0.3) is 21.8 Å². The maximum atomic E-state index is 13.1. The van der Waals surface area contributed by atoms with Gasteiger partial charge in [-0.3, -0.25) is 10.2 Å². The minimum atomic E-state index is -5.23. The van der Waals surface area contributed by atoms with Crippen molar-refractivity contribution in [2.45, 2.75) is 32.4 Å². The Morgan fingerprint density at radius 3 is 2.31 bits per heavy atom. The van der Waals surface area contributed by atoms with Crippen molar-refractivity contribution >= 4 is 39.7 Å².